The van der Waals surface area contributed by atoms with Gasteiger partial charge in [-0.3, -0.25) is 23.9 Å². The highest BCUT2D eigenvalue weighted by molar-refractivity contribution is 7.80. The monoisotopic (exact) mass is 635 g/mol. The molecule has 2 amide bonds. The molecule has 4 rings (SSSR count). The number of nitrogens with zero attached hydrogens (tertiary/aromatic N) is 3. The molecule has 0 bridgehead atoms. The maximum atomic E-state index is 15.2. The molecule has 1 heterocycles. The molecule has 0 saturated heterocycles. The van der Waals surface area contributed by atoms with Gasteiger partial charge in [0.1, 0.15) is 22.9 Å². The Labute approximate surface area is 265 Å². The number of hydrogen-bond acceptors (Lipinski definition) is 6. The Morgan fingerprint density at radius 3 is 2.13 bits per heavy atom. The van der Waals surface area contributed by atoms with Crippen molar-refractivity contribution in [2.75, 3.05) is 19.1 Å². The highest BCUT2D eigenvalue weighted by atomic mass is 32.2. The van der Waals surface area contributed by atoms with Crippen molar-refractivity contribution in [3.63, 3.8) is 0 Å². The number of carbonyl (C=O) groups is 2. The number of carbonyl (C=O) groups excluding carboxylic acids is 2. The van der Waals surface area contributed by atoms with Crippen LogP contribution in [0.15, 0.2) is 76.4 Å². The fourth-order valence-electron chi connectivity index (χ4n) is 4.55. The molecule has 0 aliphatic carbocycles. The number of halogens is 1. The SMILES string of the molecule is CC.COc1ccc(CN(C)C(=O)c2c(OS(=O)c3ccc(C)cc3)c(C)c(=O)n(C)c2N(C=O)c2ccc(C)cc2F)cc1. The van der Waals surface area contributed by atoms with E-state index in [0.717, 1.165) is 20.6 Å². The fraction of sp³-hybridized carbons (Fsp3) is 0.265. The summed E-state index contributed by atoms with van der Waals surface area (Å²) in [5.41, 5.74) is 1.26. The molecule has 9 nitrogen and oxygen atoms in total. The largest absolute Gasteiger partial charge is 0.497 e. The number of hydrogen-bond donors (Lipinski definition) is 0. The van der Waals surface area contributed by atoms with Crippen LogP contribution in [-0.4, -0.2) is 40.2 Å². The van der Waals surface area contributed by atoms with Crippen LogP contribution in [0.1, 0.15) is 46.5 Å². The molecule has 45 heavy (non-hydrogen) atoms. The van der Waals surface area contributed by atoms with Crippen molar-refractivity contribution in [1.29, 1.82) is 0 Å². The number of ether oxygens (including phenoxy) is 1. The lowest BCUT2D eigenvalue weighted by molar-refractivity contribution is -0.106. The number of methoxy groups -OCH3 is 1. The zero-order chi connectivity index (χ0) is 33.4. The second-order valence-corrected chi connectivity index (χ2v) is 11.2. The Kier molecular flexibility index (Phi) is 11.8. The Morgan fingerprint density at radius 1 is 0.978 bits per heavy atom. The first-order valence-electron chi connectivity index (χ1n) is 14.3. The van der Waals surface area contributed by atoms with Crippen LogP contribution in [0.3, 0.4) is 0 Å². The van der Waals surface area contributed by atoms with Crippen LogP contribution in [0.5, 0.6) is 11.5 Å². The van der Waals surface area contributed by atoms with Gasteiger partial charge in [-0.25, -0.2) is 8.60 Å². The minimum Gasteiger partial charge on any atom is -0.497 e. The van der Waals surface area contributed by atoms with Gasteiger partial charge in [0.05, 0.1) is 23.3 Å². The highest BCUT2D eigenvalue weighted by Gasteiger charge is 2.33. The lowest BCUT2D eigenvalue weighted by Gasteiger charge is -2.28. The first-order chi connectivity index (χ1) is 21.5. The lowest BCUT2D eigenvalue weighted by atomic mass is 10.1. The number of aryl methyl sites for hydroxylation is 2. The molecule has 1 unspecified atom stereocenters. The summed E-state index contributed by atoms with van der Waals surface area (Å²) in [6.07, 6.45) is 0.318. The molecule has 0 aliphatic heterocycles. The van der Waals surface area contributed by atoms with Crippen LogP contribution < -0.4 is 19.4 Å². The molecule has 0 fully saturated rings. The van der Waals surface area contributed by atoms with E-state index in [1.165, 1.54) is 38.1 Å². The van der Waals surface area contributed by atoms with Crippen LogP contribution in [-0.2, 0) is 29.5 Å². The van der Waals surface area contributed by atoms with Crippen LogP contribution in [0, 0.1) is 26.6 Å². The Hall–Kier alpha value is -4.77. The number of rotatable bonds is 10. The summed E-state index contributed by atoms with van der Waals surface area (Å²) < 4.78 is 40.8. The van der Waals surface area contributed by atoms with Crippen LogP contribution in [0.2, 0.25) is 0 Å². The van der Waals surface area contributed by atoms with Crippen molar-refractivity contribution in [2.24, 2.45) is 7.05 Å². The second-order valence-electron chi connectivity index (χ2n) is 10.1. The number of benzene rings is 3. The van der Waals surface area contributed by atoms with E-state index < -0.39 is 28.4 Å². The molecule has 238 valence electrons. The molecule has 3 aromatic carbocycles. The van der Waals surface area contributed by atoms with Crippen molar-refractivity contribution in [2.45, 2.75) is 46.1 Å². The summed E-state index contributed by atoms with van der Waals surface area (Å²) >= 11 is -2.14. The molecular weight excluding hydrogens is 597 g/mol. The predicted octanol–water partition coefficient (Wildman–Crippen LogP) is 6.15. The number of amides is 2. The van der Waals surface area contributed by atoms with Gasteiger partial charge in [-0.2, -0.15) is 0 Å². The molecule has 0 aliphatic rings. The third-order valence-corrected chi connectivity index (χ3v) is 7.92. The quantitative estimate of drug-likeness (QED) is 0.194. The van der Waals surface area contributed by atoms with Gasteiger partial charge in [0.2, 0.25) is 17.5 Å². The second kappa shape index (κ2) is 15.3. The molecule has 1 aromatic heterocycles. The summed E-state index contributed by atoms with van der Waals surface area (Å²) in [4.78, 5) is 42.8. The summed E-state index contributed by atoms with van der Waals surface area (Å²) in [5.74, 6) is -1.26. The van der Waals surface area contributed by atoms with Gasteiger partial charge < -0.3 is 13.8 Å². The maximum Gasteiger partial charge on any atom is 0.261 e. The van der Waals surface area contributed by atoms with Gasteiger partial charge in [0, 0.05) is 20.6 Å². The van der Waals surface area contributed by atoms with E-state index in [4.69, 9.17) is 8.92 Å². The van der Waals surface area contributed by atoms with Gasteiger partial charge in [-0.15, -0.1) is 0 Å². The summed E-state index contributed by atoms with van der Waals surface area (Å²) in [6.45, 7) is 9.13. The standard InChI is InChI=1S/C32H32FN3O6S.C2H6/c1-20-7-14-25(15-8-20)43(40)42-29-22(3)31(38)35(5)30(36(19-37)27-16-9-21(2)17-26(27)33)28(29)32(39)34(4)18-23-10-12-24(41-6)13-11-23;1-2/h7-17,19H,18H2,1-6H3;1-2H3. The lowest BCUT2D eigenvalue weighted by Crippen LogP contribution is -2.35. The third kappa shape index (κ3) is 7.66. The number of anilines is 2. The molecular formula is C34H38FN3O6S. The van der Waals surface area contributed by atoms with E-state index in [0.29, 0.717) is 22.6 Å². The van der Waals surface area contributed by atoms with Gasteiger partial charge in [0.15, 0.2) is 5.75 Å². The normalized spacial score (nSPS) is 11.1. The molecule has 0 spiro atoms. The highest BCUT2D eigenvalue weighted by Crippen LogP contribution is 2.37. The molecule has 0 N–H and O–H groups in total. The van der Waals surface area contributed by atoms with E-state index in [2.05, 4.69) is 0 Å². The minimum atomic E-state index is -2.14. The van der Waals surface area contributed by atoms with Crippen molar-refractivity contribution in [3.05, 3.63) is 111 Å². The molecule has 1 atom stereocenters. The van der Waals surface area contributed by atoms with Crippen molar-refractivity contribution < 1.29 is 27.1 Å². The first kappa shape index (κ1) is 34.7. The van der Waals surface area contributed by atoms with E-state index in [9.17, 15) is 18.6 Å². The van der Waals surface area contributed by atoms with Crippen molar-refractivity contribution in [1.82, 2.24) is 9.47 Å². The molecule has 11 heteroatoms. The van der Waals surface area contributed by atoms with Gasteiger partial charge in [0.25, 0.3) is 11.5 Å². The molecule has 0 saturated carbocycles. The predicted molar refractivity (Wildman–Crippen MR) is 174 cm³/mol. The Morgan fingerprint density at radius 2 is 1.58 bits per heavy atom. The Bertz CT molecular complexity index is 1750. The molecule has 4 aromatic rings. The topological polar surface area (TPSA) is 98.2 Å². The zero-order valence-electron chi connectivity index (χ0n) is 26.7. The average Bonchev–Trinajstić information content (AvgIpc) is 3.04. The summed E-state index contributed by atoms with van der Waals surface area (Å²) in [6, 6.07) is 18.0. The number of pyridine rings is 1. The fourth-order valence-corrected chi connectivity index (χ4v) is 5.36. The van der Waals surface area contributed by atoms with E-state index in [1.54, 1.807) is 68.6 Å². The summed E-state index contributed by atoms with van der Waals surface area (Å²) in [7, 11) is 4.45. The third-order valence-electron chi connectivity index (χ3n) is 6.94. The summed E-state index contributed by atoms with van der Waals surface area (Å²) in [5, 5.41) is 0. The van der Waals surface area contributed by atoms with Crippen LogP contribution >= 0.6 is 0 Å². The van der Waals surface area contributed by atoms with Gasteiger partial charge in [-0.1, -0.05) is 49.7 Å². The molecule has 0 radical (unpaired) electrons. The van der Waals surface area contributed by atoms with E-state index >= 15 is 4.39 Å². The van der Waals surface area contributed by atoms with Gasteiger partial charge in [-0.05, 0) is 68.3 Å². The van der Waals surface area contributed by atoms with Crippen molar-refractivity contribution >= 4 is 34.9 Å². The van der Waals surface area contributed by atoms with E-state index in [-0.39, 0.29) is 34.9 Å². The number of aromatic nitrogens is 1. The van der Waals surface area contributed by atoms with Gasteiger partial charge >= 0.3 is 0 Å². The first-order valence-corrected chi connectivity index (χ1v) is 15.3. The van der Waals surface area contributed by atoms with E-state index in [1.807, 2.05) is 20.8 Å². The zero-order valence-corrected chi connectivity index (χ0v) is 27.5. The Balaban J connectivity index is 0.00000271. The van der Waals surface area contributed by atoms with Crippen LogP contribution in [0.4, 0.5) is 15.9 Å². The minimum absolute atomic E-state index is 0.0110. The average molecular weight is 636 g/mol. The smallest absolute Gasteiger partial charge is 0.261 e. The van der Waals surface area contributed by atoms with Crippen LogP contribution in [0.25, 0.3) is 0 Å². The maximum absolute atomic E-state index is 15.2. The van der Waals surface area contributed by atoms with Crippen molar-refractivity contribution in [3.8, 4) is 11.5 Å².